The first-order chi connectivity index (χ1) is 15.0. The number of piperidine rings is 1. The van der Waals surface area contributed by atoms with Crippen molar-refractivity contribution in [1.82, 2.24) is 19.4 Å². The Morgan fingerprint density at radius 1 is 0.935 bits per heavy atom. The third kappa shape index (κ3) is 3.55. The molecule has 0 saturated carbocycles. The summed E-state index contributed by atoms with van der Waals surface area (Å²) in [6, 6.07) is 10.8. The molecule has 0 amide bonds. The summed E-state index contributed by atoms with van der Waals surface area (Å²) in [5.41, 5.74) is 2.40. The Balaban J connectivity index is 1.38. The first kappa shape index (κ1) is 20.3. The third-order valence-corrected chi connectivity index (χ3v) is 6.86. The van der Waals surface area contributed by atoms with Crippen molar-refractivity contribution in [3.8, 4) is 11.3 Å². The minimum absolute atomic E-state index is 0.172. The van der Waals surface area contributed by atoms with Gasteiger partial charge in [0, 0.05) is 38.3 Å². The van der Waals surface area contributed by atoms with Gasteiger partial charge < -0.3 is 4.57 Å². The molecule has 31 heavy (non-hydrogen) atoms. The van der Waals surface area contributed by atoms with Crippen LogP contribution in [0.4, 0.5) is 13.2 Å². The Hall–Kier alpha value is -2.64. The first-order valence-corrected chi connectivity index (χ1v) is 10.7. The van der Waals surface area contributed by atoms with Crippen LogP contribution in [-0.2, 0) is 18.6 Å². The van der Waals surface area contributed by atoms with Crippen molar-refractivity contribution in [2.45, 2.75) is 31.5 Å². The fourth-order valence-electron chi connectivity index (χ4n) is 5.07. The van der Waals surface area contributed by atoms with E-state index >= 15 is 0 Å². The molecular weight excluding hydrogens is 401 g/mol. The van der Waals surface area contributed by atoms with Gasteiger partial charge in [-0.05, 0) is 49.7 Å². The normalized spacial score (nSPS) is 19.0. The molecule has 0 N–H and O–H groups in total. The number of aromatic nitrogens is 2. The number of benzene rings is 2. The lowest BCUT2D eigenvalue weighted by molar-refractivity contribution is 0.00698. The molecule has 0 unspecified atom stereocenters. The van der Waals surface area contributed by atoms with Crippen molar-refractivity contribution in [2.75, 3.05) is 26.7 Å². The van der Waals surface area contributed by atoms with Gasteiger partial charge in [0.05, 0.1) is 17.4 Å². The number of likely N-dealkylation sites (N-methyl/N-ethyl adjacent to an activating group) is 1. The highest BCUT2D eigenvalue weighted by molar-refractivity contribution is 5.60. The SMILES string of the molecule is CN1CCn2c(-c3cccc(F)c3)cnc2C12CCN(Cc1ccc(F)c(F)c1)CC2. The molecule has 1 saturated heterocycles. The number of hydrogen-bond donors (Lipinski definition) is 0. The van der Waals surface area contributed by atoms with E-state index in [1.807, 2.05) is 12.3 Å². The second kappa shape index (κ2) is 7.80. The van der Waals surface area contributed by atoms with E-state index in [4.69, 9.17) is 4.98 Å². The standard InChI is InChI=1S/C24H25F3N4/c1-29-11-12-31-22(18-3-2-4-19(25)14-18)15-28-23(31)24(29)7-9-30(10-8-24)16-17-5-6-20(26)21(27)13-17/h2-6,13-15H,7-12,16H2,1H3. The Morgan fingerprint density at radius 2 is 1.74 bits per heavy atom. The van der Waals surface area contributed by atoms with Gasteiger partial charge in [-0.25, -0.2) is 18.2 Å². The van der Waals surface area contributed by atoms with Crippen LogP contribution in [0.15, 0.2) is 48.7 Å². The summed E-state index contributed by atoms with van der Waals surface area (Å²) in [5.74, 6) is -0.828. The molecule has 0 aliphatic carbocycles. The molecule has 0 atom stereocenters. The zero-order valence-electron chi connectivity index (χ0n) is 17.5. The maximum Gasteiger partial charge on any atom is 0.159 e. The minimum atomic E-state index is -0.814. The van der Waals surface area contributed by atoms with E-state index in [9.17, 15) is 13.2 Å². The van der Waals surface area contributed by atoms with Crippen LogP contribution in [0.1, 0.15) is 24.2 Å². The van der Waals surface area contributed by atoms with Gasteiger partial charge in [0.15, 0.2) is 11.6 Å². The molecule has 1 aromatic heterocycles. The van der Waals surface area contributed by atoms with Crippen LogP contribution >= 0.6 is 0 Å². The predicted molar refractivity (Wildman–Crippen MR) is 113 cm³/mol. The molecule has 2 aromatic carbocycles. The first-order valence-electron chi connectivity index (χ1n) is 10.7. The summed E-state index contributed by atoms with van der Waals surface area (Å²) in [5, 5.41) is 0. The number of halogens is 3. The number of fused-ring (bicyclic) bond motifs is 2. The molecule has 162 valence electrons. The maximum atomic E-state index is 13.8. The van der Waals surface area contributed by atoms with Gasteiger partial charge in [-0.1, -0.05) is 18.2 Å². The number of likely N-dealkylation sites (tertiary alicyclic amines) is 1. The average Bonchev–Trinajstić information content (AvgIpc) is 3.20. The monoisotopic (exact) mass is 426 g/mol. The third-order valence-electron chi connectivity index (χ3n) is 6.86. The smallest absolute Gasteiger partial charge is 0.159 e. The van der Waals surface area contributed by atoms with E-state index in [2.05, 4.69) is 21.4 Å². The predicted octanol–water partition coefficient (Wildman–Crippen LogP) is 4.40. The highest BCUT2D eigenvalue weighted by Gasteiger charge is 2.45. The van der Waals surface area contributed by atoms with Crippen LogP contribution in [0, 0.1) is 17.5 Å². The highest BCUT2D eigenvalue weighted by Crippen LogP contribution is 2.41. The molecular formula is C24H25F3N4. The summed E-state index contributed by atoms with van der Waals surface area (Å²) < 4.78 is 42.8. The summed E-state index contributed by atoms with van der Waals surface area (Å²) in [4.78, 5) is 9.48. The summed E-state index contributed by atoms with van der Waals surface area (Å²) in [7, 11) is 2.14. The van der Waals surface area contributed by atoms with E-state index in [-0.39, 0.29) is 11.4 Å². The molecule has 0 radical (unpaired) electrons. The number of imidazole rings is 1. The molecule has 3 heterocycles. The van der Waals surface area contributed by atoms with Crippen LogP contribution in [-0.4, -0.2) is 46.0 Å². The van der Waals surface area contributed by atoms with E-state index in [1.54, 1.807) is 18.2 Å². The highest BCUT2D eigenvalue weighted by atomic mass is 19.2. The lowest BCUT2D eigenvalue weighted by Gasteiger charge is -2.49. The van der Waals surface area contributed by atoms with E-state index in [0.29, 0.717) is 6.54 Å². The average molecular weight is 426 g/mol. The Labute approximate surface area is 179 Å². The van der Waals surface area contributed by atoms with E-state index in [0.717, 1.165) is 61.7 Å². The van der Waals surface area contributed by atoms with Crippen LogP contribution in [0.2, 0.25) is 0 Å². The Kier molecular flexibility index (Phi) is 5.10. The van der Waals surface area contributed by atoms with E-state index < -0.39 is 11.6 Å². The lowest BCUT2D eigenvalue weighted by atomic mass is 9.83. The molecule has 7 heteroatoms. The zero-order chi connectivity index (χ0) is 21.6. The van der Waals surface area contributed by atoms with Crippen molar-refractivity contribution in [2.24, 2.45) is 0 Å². The van der Waals surface area contributed by atoms with Crippen molar-refractivity contribution in [3.05, 3.63) is 77.5 Å². The molecule has 3 aromatic rings. The fourth-order valence-corrected chi connectivity index (χ4v) is 5.07. The fraction of sp³-hybridized carbons (Fsp3) is 0.375. The van der Waals surface area contributed by atoms with Gasteiger partial charge in [-0.2, -0.15) is 0 Å². The second-order valence-corrected chi connectivity index (χ2v) is 8.61. The quantitative estimate of drug-likeness (QED) is 0.620. The molecule has 1 fully saturated rings. The van der Waals surface area contributed by atoms with Crippen LogP contribution in [0.3, 0.4) is 0 Å². The molecule has 1 spiro atoms. The summed E-state index contributed by atoms with van der Waals surface area (Å²) in [6.07, 6.45) is 3.65. The van der Waals surface area contributed by atoms with Gasteiger partial charge in [-0.15, -0.1) is 0 Å². The van der Waals surface area contributed by atoms with Crippen molar-refractivity contribution >= 4 is 0 Å². The summed E-state index contributed by atoms with van der Waals surface area (Å²) in [6.45, 7) is 3.99. The van der Waals surface area contributed by atoms with Gasteiger partial charge in [-0.3, -0.25) is 9.80 Å². The number of hydrogen-bond acceptors (Lipinski definition) is 3. The number of rotatable bonds is 3. The topological polar surface area (TPSA) is 24.3 Å². The van der Waals surface area contributed by atoms with Crippen LogP contribution in [0.25, 0.3) is 11.3 Å². The van der Waals surface area contributed by atoms with Crippen molar-refractivity contribution in [3.63, 3.8) is 0 Å². The van der Waals surface area contributed by atoms with Crippen LogP contribution < -0.4 is 0 Å². The minimum Gasteiger partial charge on any atom is -0.325 e. The summed E-state index contributed by atoms with van der Waals surface area (Å²) >= 11 is 0. The second-order valence-electron chi connectivity index (χ2n) is 8.61. The van der Waals surface area contributed by atoms with Gasteiger partial charge in [0.2, 0.25) is 0 Å². The molecule has 2 aliphatic rings. The maximum absolute atomic E-state index is 13.8. The molecule has 2 aliphatic heterocycles. The van der Waals surface area contributed by atoms with Crippen LogP contribution in [0.5, 0.6) is 0 Å². The van der Waals surface area contributed by atoms with Gasteiger partial charge >= 0.3 is 0 Å². The molecule has 0 bridgehead atoms. The Bertz CT molecular complexity index is 1100. The van der Waals surface area contributed by atoms with Gasteiger partial charge in [0.1, 0.15) is 11.6 Å². The largest absolute Gasteiger partial charge is 0.325 e. The van der Waals surface area contributed by atoms with Gasteiger partial charge in [0.25, 0.3) is 0 Å². The zero-order valence-corrected chi connectivity index (χ0v) is 17.5. The van der Waals surface area contributed by atoms with Crippen molar-refractivity contribution in [1.29, 1.82) is 0 Å². The van der Waals surface area contributed by atoms with Crippen molar-refractivity contribution < 1.29 is 13.2 Å². The number of nitrogens with zero attached hydrogens (tertiary/aromatic N) is 4. The lowest BCUT2D eigenvalue weighted by Crippen LogP contribution is -2.56. The Morgan fingerprint density at radius 3 is 2.48 bits per heavy atom. The van der Waals surface area contributed by atoms with E-state index in [1.165, 1.54) is 18.2 Å². The molecule has 5 rings (SSSR count). The molecule has 4 nitrogen and oxygen atoms in total.